The summed E-state index contributed by atoms with van der Waals surface area (Å²) in [5, 5.41) is 1.95. The lowest BCUT2D eigenvalue weighted by Gasteiger charge is -2.32. The van der Waals surface area contributed by atoms with Gasteiger partial charge in [0.15, 0.2) is 6.54 Å². The number of hydrogen-bond donors (Lipinski definition) is 1. The van der Waals surface area contributed by atoms with Crippen LogP contribution in [-0.4, -0.2) is 69.8 Å². The number of likely N-dealkylation sites (N-methyl/N-ethyl adjacent to an activating group) is 1. The molecule has 1 amide bonds. The lowest BCUT2D eigenvalue weighted by molar-refractivity contribution is -0.895. The summed E-state index contributed by atoms with van der Waals surface area (Å²) in [6.45, 7) is 5.52. The zero-order valence-electron chi connectivity index (χ0n) is 16.7. The number of piperazine rings is 1. The van der Waals surface area contributed by atoms with Gasteiger partial charge in [0.05, 0.1) is 31.1 Å². The molecule has 152 valence electrons. The Bertz CT molecular complexity index is 921. The number of carbonyl (C=O) groups is 1. The highest BCUT2D eigenvalue weighted by molar-refractivity contribution is 7.89. The number of amides is 1. The number of nitrogens with zero attached hydrogens (tertiary/aromatic N) is 2. The second kappa shape index (κ2) is 9.03. The molecule has 1 saturated heterocycles. The van der Waals surface area contributed by atoms with Crippen LogP contribution >= 0.6 is 0 Å². The van der Waals surface area contributed by atoms with Crippen molar-refractivity contribution >= 4 is 26.7 Å². The first-order chi connectivity index (χ1) is 13.4. The zero-order valence-corrected chi connectivity index (χ0v) is 17.5. The van der Waals surface area contributed by atoms with E-state index in [-0.39, 0.29) is 5.91 Å². The monoisotopic (exact) mass is 404 g/mol. The van der Waals surface area contributed by atoms with Crippen LogP contribution in [0.4, 0.5) is 0 Å². The van der Waals surface area contributed by atoms with Crippen molar-refractivity contribution in [3.8, 4) is 0 Å². The summed E-state index contributed by atoms with van der Waals surface area (Å²) in [5.41, 5.74) is 0. The smallest absolute Gasteiger partial charge is 0.277 e. The number of sulfonamides is 1. The van der Waals surface area contributed by atoms with E-state index < -0.39 is 10.0 Å². The van der Waals surface area contributed by atoms with Crippen molar-refractivity contribution < 1.29 is 18.1 Å². The van der Waals surface area contributed by atoms with E-state index in [1.165, 1.54) is 0 Å². The molecule has 2 aromatic carbocycles. The molecule has 1 aliphatic rings. The highest BCUT2D eigenvalue weighted by Gasteiger charge is 2.31. The van der Waals surface area contributed by atoms with E-state index in [0.717, 1.165) is 35.1 Å². The molecular weight excluding hydrogens is 374 g/mol. The maximum Gasteiger partial charge on any atom is 0.277 e. The number of unbranched alkanes of at least 4 members (excludes halogenated alkanes) is 1. The fourth-order valence-electron chi connectivity index (χ4n) is 3.57. The van der Waals surface area contributed by atoms with Crippen LogP contribution in [0.2, 0.25) is 0 Å². The zero-order chi connectivity index (χ0) is 20.1. The number of carbonyl (C=O) groups excluding carboxylic acids is 1. The molecule has 0 spiro atoms. The van der Waals surface area contributed by atoms with Gasteiger partial charge in [-0.1, -0.05) is 43.7 Å². The molecule has 1 heterocycles. The van der Waals surface area contributed by atoms with Gasteiger partial charge in [0.2, 0.25) is 10.0 Å². The molecular formula is C21H30N3O3S+. The van der Waals surface area contributed by atoms with Crippen molar-refractivity contribution in [1.82, 2.24) is 9.21 Å². The molecule has 2 aromatic rings. The van der Waals surface area contributed by atoms with Gasteiger partial charge in [0.25, 0.3) is 5.91 Å². The summed E-state index contributed by atoms with van der Waals surface area (Å²) >= 11 is 0. The lowest BCUT2D eigenvalue weighted by Crippen LogP contribution is -3.15. The molecule has 1 fully saturated rings. The van der Waals surface area contributed by atoms with Gasteiger partial charge >= 0.3 is 0 Å². The minimum atomic E-state index is -3.51. The average Bonchev–Trinajstić information content (AvgIpc) is 2.72. The van der Waals surface area contributed by atoms with Crippen molar-refractivity contribution in [3.63, 3.8) is 0 Å². The molecule has 28 heavy (non-hydrogen) atoms. The predicted molar refractivity (Wildman–Crippen MR) is 111 cm³/mol. The van der Waals surface area contributed by atoms with Crippen molar-refractivity contribution in [2.24, 2.45) is 0 Å². The van der Waals surface area contributed by atoms with Crippen LogP contribution in [0.25, 0.3) is 10.8 Å². The van der Waals surface area contributed by atoms with Crippen molar-refractivity contribution in [2.75, 3.05) is 46.3 Å². The van der Waals surface area contributed by atoms with E-state index in [0.29, 0.717) is 37.6 Å². The van der Waals surface area contributed by atoms with Crippen LogP contribution in [0.5, 0.6) is 0 Å². The van der Waals surface area contributed by atoms with Gasteiger partial charge in [-0.3, -0.25) is 4.79 Å². The Balaban J connectivity index is 1.61. The summed E-state index contributed by atoms with van der Waals surface area (Å²) in [6.07, 6.45) is 2.07. The van der Waals surface area contributed by atoms with Crippen LogP contribution in [0.15, 0.2) is 47.4 Å². The van der Waals surface area contributed by atoms with Gasteiger partial charge in [-0.2, -0.15) is 4.31 Å². The third-order valence-corrected chi connectivity index (χ3v) is 7.36. The van der Waals surface area contributed by atoms with Gasteiger partial charge < -0.3 is 9.80 Å². The molecule has 0 aromatic heterocycles. The van der Waals surface area contributed by atoms with Crippen LogP contribution in [0.3, 0.4) is 0 Å². The quantitative estimate of drug-likeness (QED) is 0.749. The first-order valence-corrected chi connectivity index (χ1v) is 11.4. The van der Waals surface area contributed by atoms with Gasteiger partial charge in [-0.15, -0.1) is 0 Å². The second-order valence-corrected chi connectivity index (χ2v) is 9.45. The maximum absolute atomic E-state index is 13.0. The molecule has 0 unspecified atom stereocenters. The SMILES string of the molecule is CCCCN(C)C(=O)C[NH+]1CCN(S(=O)(=O)c2ccc3ccccc3c2)CC1. The van der Waals surface area contributed by atoms with E-state index in [4.69, 9.17) is 0 Å². The molecule has 0 aliphatic carbocycles. The van der Waals surface area contributed by atoms with Crippen LogP contribution in [0.1, 0.15) is 19.8 Å². The lowest BCUT2D eigenvalue weighted by atomic mass is 10.1. The van der Waals surface area contributed by atoms with Crippen LogP contribution in [-0.2, 0) is 14.8 Å². The third-order valence-electron chi connectivity index (χ3n) is 5.46. The molecule has 6 nitrogen and oxygen atoms in total. The number of rotatable bonds is 7. The largest absolute Gasteiger partial charge is 0.341 e. The van der Waals surface area contributed by atoms with E-state index in [2.05, 4.69) is 6.92 Å². The molecule has 1 aliphatic heterocycles. The number of benzene rings is 2. The number of quaternary nitrogens is 1. The standard InChI is InChI=1S/C21H29N3O3S/c1-3-4-11-22(2)21(25)17-23-12-14-24(15-13-23)28(26,27)20-10-9-18-7-5-6-8-19(18)16-20/h5-10,16H,3-4,11-15,17H2,1-2H3/p+1. The van der Waals surface area contributed by atoms with Gasteiger partial charge in [0, 0.05) is 13.6 Å². The van der Waals surface area contributed by atoms with Crippen LogP contribution in [0, 0.1) is 0 Å². The Morgan fingerprint density at radius 3 is 2.46 bits per heavy atom. The number of nitrogens with one attached hydrogen (secondary N) is 1. The third kappa shape index (κ3) is 4.71. The normalized spacial score (nSPS) is 16.4. The second-order valence-electron chi connectivity index (χ2n) is 7.51. The molecule has 0 saturated carbocycles. The summed E-state index contributed by atoms with van der Waals surface area (Å²) in [7, 11) is -1.66. The fourth-order valence-corrected chi connectivity index (χ4v) is 5.04. The van der Waals surface area contributed by atoms with Crippen molar-refractivity contribution in [2.45, 2.75) is 24.7 Å². The number of fused-ring (bicyclic) bond motifs is 1. The molecule has 0 radical (unpaired) electrons. The molecule has 1 N–H and O–H groups in total. The van der Waals surface area contributed by atoms with E-state index >= 15 is 0 Å². The Kier molecular flexibility index (Phi) is 6.69. The number of hydrogen-bond acceptors (Lipinski definition) is 3. The highest BCUT2D eigenvalue weighted by Crippen LogP contribution is 2.21. The topological polar surface area (TPSA) is 62.1 Å². The first kappa shape index (κ1) is 20.8. The van der Waals surface area contributed by atoms with Crippen LogP contribution < -0.4 is 4.90 Å². The van der Waals surface area contributed by atoms with Gasteiger partial charge in [-0.25, -0.2) is 8.42 Å². The molecule has 0 atom stereocenters. The Morgan fingerprint density at radius 1 is 1.11 bits per heavy atom. The fraction of sp³-hybridized carbons (Fsp3) is 0.476. The Labute approximate surface area is 167 Å². The van der Waals surface area contributed by atoms with E-state index in [1.54, 1.807) is 21.3 Å². The summed E-state index contributed by atoms with van der Waals surface area (Å²) in [5.74, 6) is 0.134. The summed E-state index contributed by atoms with van der Waals surface area (Å²) in [4.78, 5) is 15.6. The van der Waals surface area contributed by atoms with Gasteiger partial charge in [-0.05, 0) is 29.3 Å². The predicted octanol–water partition coefficient (Wildman–Crippen LogP) is 0.988. The molecule has 0 bridgehead atoms. The van der Waals surface area contributed by atoms with Gasteiger partial charge in [0.1, 0.15) is 0 Å². The summed E-state index contributed by atoms with van der Waals surface area (Å²) < 4.78 is 27.6. The molecule has 3 rings (SSSR count). The van der Waals surface area contributed by atoms with Crippen molar-refractivity contribution in [1.29, 1.82) is 0 Å². The summed E-state index contributed by atoms with van der Waals surface area (Å²) in [6, 6.07) is 13.0. The van der Waals surface area contributed by atoms with Crippen molar-refractivity contribution in [3.05, 3.63) is 42.5 Å². The first-order valence-electron chi connectivity index (χ1n) is 9.98. The maximum atomic E-state index is 13.0. The Hall–Kier alpha value is -1.96. The minimum Gasteiger partial charge on any atom is -0.341 e. The average molecular weight is 405 g/mol. The molecule has 7 heteroatoms. The Morgan fingerprint density at radius 2 is 1.79 bits per heavy atom. The minimum absolute atomic E-state index is 0.134. The highest BCUT2D eigenvalue weighted by atomic mass is 32.2. The van der Waals surface area contributed by atoms with E-state index in [1.807, 2.05) is 37.4 Å². The van der Waals surface area contributed by atoms with E-state index in [9.17, 15) is 13.2 Å².